The van der Waals surface area contributed by atoms with Gasteiger partial charge in [-0.05, 0) is 30.3 Å². The maximum Gasteiger partial charge on any atom is 0.258 e. The molecule has 1 N–H and O–H groups in total. The van der Waals surface area contributed by atoms with Gasteiger partial charge in [0, 0.05) is 25.2 Å². The van der Waals surface area contributed by atoms with Gasteiger partial charge in [0.25, 0.3) is 5.56 Å². The van der Waals surface area contributed by atoms with E-state index in [1.165, 1.54) is 22.6 Å². The highest BCUT2D eigenvalue weighted by Crippen LogP contribution is 2.30. The SMILES string of the molecule is O=C1CCN(Cc2cc(=O)n3ccccc3n2)c2ccc(F)cc2N1. The number of amides is 1. The topological polar surface area (TPSA) is 66.7 Å². The first-order chi connectivity index (χ1) is 12.1. The fraction of sp³-hybridized carbons (Fsp3) is 0.167. The van der Waals surface area contributed by atoms with E-state index >= 15 is 0 Å². The number of carbonyl (C=O) groups is 1. The molecule has 0 fully saturated rings. The molecule has 0 spiro atoms. The average Bonchev–Trinajstić information content (AvgIpc) is 2.73. The summed E-state index contributed by atoms with van der Waals surface area (Å²) in [6.45, 7) is 0.814. The zero-order valence-corrected chi connectivity index (χ0v) is 13.3. The Labute approximate surface area is 142 Å². The third-order valence-corrected chi connectivity index (χ3v) is 4.16. The molecule has 4 rings (SSSR count). The molecule has 0 radical (unpaired) electrons. The molecule has 1 aliphatic rings. The molecular weight excluding hydrogens is 323 g/mol. The van der Waals surface area contributed by atoms with Crippen LogP contribution < -0.4 is 15.8 Å². The summed E-state index contributed by atoms with van der Waals surface area (Å²) >= 11 is 0. The van der Waals surface area contributed by atoms with Gasteiger partial charge in [-0.25, -0.2) is 9.37 Å². The van der Waals surface area contributed by atoms with Gasteiger partial charge in [-0.3, -0.25) is 14.0 Å². The molecule has 0 unspecified atom stereocenters. The second-order valence-electron chi connectivity index (χ2n) is 5.90. The number of hydrogen-bond donors (Lipinski definition) is 1. The van der Waals surface area contributed by atoms with E-state index in [-0.39, 0.29) is 17.9 Å². The molecular formula is C18H15FN4O2. The van der Waals surface area contributed by atoms with Crippen LogP contribution in [0.5, 0.6) is 0 Å². The molecule has 3 aromatic rings. The summed E-state index contributed by atoms with van der Waals surface area (Å²) in [4.78, 5) is 30.5. The van der Waals surface area contributed by atoms with Crippen LogP contribution in [-0.4, -0.2) is 21.8 Å². The number of hydrogen-bond acceptors (Lipinski definition) is 4. The number of fused-ring (bicyclic) bond motifs is 2. The van der Waals surface area contributed by atoms with Crippen LogP contribution in [0.2, 0.25) is 0 Å². The number of rotatable bonds is 2. The van der Waals surface area contributed by atoms with Crippen molar-refractivity contribution in [1.82, 2.24) is 9.38 Å². The van der Waals surface area contributed by atoms with E-state index in [2.05, 4.69) is 10.3 Å². The predicted molar refractivity (Wildman–Crippen MR) is 92.2 cm³/mol. The lowest BCUT2D eigenvalue weighted by Crippen LogP contribution is -2.26. The third kappa shape index (κ3) is 2.96. The van der Waals surface area contributed by atoms with E-state index in [1.54, 1.807) is 24.4 Å². The second kappa shape index (κ2) is 6.01. The Bertz CT molecular complexity index is 1030. The molecule has 1 aromatic carbocycles. The summed E-state index contributed by atoms with van der Waals surface area (Å²) < 4.78 is 15.0. The summed E-state index contributed by atoms with van der Waals surface area (Å²) in [5.41, 5.74) is 2.14. The van der Waals surface area contributed by atoms with Gasteiger partial charge in [-0.15, -0.1) is 0 Å². The number of benzene rings is 1. The molecule has 1 aliphatic heterocycles. The number of nitrogens with one attached hydrogen (secondary N) is 1. The van der Waals surface area contributed by atoms with E-state index < -0.39 is 5.82 Å². The molecule has 0 bridgehead atoms. The number of carbonyl (C=O) groups excluding carboxylic acids is 1. The van der Waals surface area contributed by atoms with Gasteiger partial charge in [0.15, 0.2) is 0 Å². The average molecular weight is 338 g/mol. The lowest BCUT2D eigenvalue weighted by Gasteiger charge is -2.23. The first-order valence-corrected chi connectivity index (χ1v) is 7.92. The Morgan fingerprint density at radius 1 is 1.16 bits per heavy atom. The molecule has 0 saturated carbocycles. The van der Waals surface area contributed by atoms with Gasteiger partial charge in [0.1, 0.15) is 11.5 Å². The van der Waals surface area contributed by atoms with Crippen molar-refractivity contribution in [3.8, 4) is 0 Å². The van der Waals surface area contributed by atoms with E-state index in [4.69, 9.17) is 0 Å². The van der Waals surface area contributed by atoms with E-state index in [9.17, 15) is 14.0 Å². The van der Waals surface area contributed by atoms with Crippen molar-refractivity contribution in [2.24, 2.45) is 0 Å². The molecule has 0 atom stereocenters. The summed E-state index contributed by atoms with van der Waals surface area (Å²) in [5.74, 6) is -0.580. The monoisotopic (exact) mass is 338 g/mol. The van der Waals surface area contributed by atoms with Gasteiger partial charge in [-0.1, -0.05) is 6.07 Å². The highest BCUT2D eigenvalue weighted by Gasteiger charge is 2.20. The lowest BCUT2D eigenvalue weighted by molar-refractivity contribution is -0.115. The van der Waals surface area contributed by atoms with Crippen molar-refractivity contribution in [3.63, 3.8) is 0 Å². The largest absolute Gasteiger partial charge is 0.363 e. The van der Waals surface area contributed by atoms with E-state index in [0.29, 0.717) is 35.8 Å². The van der Waals surface area contributed by atoms with Crippen molar-refractivity contribution in [3.05, 3.63) is 70.5 Å². The summed E-state index contributed by atoms with van der Waals surface area (Å²) in [7, 11) is 0. The van der Waals surface area contributed by atoms with Crippen molar-refractivity contribution in [1.29, 1.82) is 0 Å². The zero-order valence-electron chi connectivity index (χ0n) is 13.3. The Hall–Kier alpha value is -3.22. The van der Waals surface area contributed by atoms with Crippen LogP contribution in [-0.2, 0) is 11.3 Å². The third-order valence-electron chi connectivity index (χ3n) is 4.16. The minimum Gasteiger partial charge on any atom is -0.363 e. The second-order valence-corrected chi connectivity index (χ2v) is 5.90. The summed E-state index contributed by atoms with van der Waals surface area (Å²) in [6.07, 6.45) is 1.95. The van der Waals surface area contributed by atoms with Crippen LogP contribution in [0.3, 0.4) is 0 Å². The maximum atomic E-state index is 13.5. The lowest BCUT2D eigenvalue weighted by atomic mass is 10.2. The quantitative estimate of drug-likeness (QED) is 0.778. The van der Waals surface area contributed by atoms with Crippen molar-refractivity contribution >= 4 is 22.9 Å². The zero-order chi connectivity index (χ0) is 17.4. The van der Waals surface area contributed by atoms with Crippen LogP contribution in [0.4, 0.5) is 15.8 Å². The standard InChI is InChI=1S/C18H15FN4O2/c19-12-4-5-15-14(9-12)21-17(24)6-8-22(15)11-13-10-18(25)23-7-2-1-3-16(23)20-13/h1-5,7,9-10H,6,8,11H2,(H,21,24). The van der Waals surface area contributed by atoms with Gasteiger partial charge >= 0.3 is 0 Å². The van der Waals surface area contributed by atoms with Gasteiger partial charge in [0.2, 0.25) is 5.91 Å². The highest BCUT2D eigenvalue weighted by molar-refractivity contribution is 5.96. The Morgan fingerprint density at radius 2 is 2.04 bits per heavy atom. The molecule has 126 valence electrons. The highest BCUT2D eigenvalue weighted by atomic mass is 19.1. The predicted octanol–water partition coefficient (Wildman–Crippen LogP) is 2.18. The molecule has 7 heteroatoms. The number of nitrogens with zero attached hydrogens (tertiary/aromatic N) is 3. The first kappa shape index (κ1) is 15.3. The normalized spacial score (nSPS) is 14.1. The molecule has 3 heterocycles. The summed E-state index contributed by atoms with van der Waals surface area (Å²) in [5, 5.41) is 2.71. The number of anilines is 2. The van der Waals surface area contributed by atoms with Crippen LogP contribution in [0.1, 0.15) is 12.1 Å². The number of halogens is 1. The van der Waals surface area contributed by atoms with E-state index in [1.807, 2.05) is 11.0 Å². The summed E-state index contributed by atoms with van der Waals surface area (Å²) in [6, 6.07) is 11.1. The minimum atomic E-state index is -0.414. The Balaban J connectivity index is 1.73. The van der Waals surface area contributed by atoms with Crippen LogP contribution in [0.25, 0.3) is 5.65 Å². The smallest absolute Gasteiger partial charge is 0.258 e. The van der Waals surface area contributed by atoms with Crippen molar-refractivity contribution in [2.45, 2.75) is 13.0 Å². The number of pyridine rings is 1. The van der Waals surface area contributed by atoms with Crippen LogP contribution in [0.15, 0.2) is 53.5 Å². The Kier molecular flexibility index (Phi) is 3.68. The van der Waals surface area contributed by atoms with Gasteiger partial charge < -0.3 is 10.2 Å². The molecule has 0 aliphatic carbocycles. The van der Waals surface area contributed by atoms with Crippen molar-refractivity contribution in [2.75, 3.05) is 16.8 Å². The molecule has 6 nitrogen and oxygen atoms in total. The molecule has 2 aromatic heterocycles. The fourth-order valence-corrected chi connectivity index (χ4v) is 3.00. The maximum absolute atomic E-state index is 13.5. The van der Waals surface area contributed by atoms with Gasteiger partial charge in [0.05, 0.1) is 23.6 Å². The van der Waals surface area contributed by atoms with Crippen LogP contribution >= 0.6 is 0 Å². The first-order valence-electron chi connectivity index (χ1n) is 7.92. The van der Waals surface area contributed by atoms with Crippen LogP contribution in [0, 0.1) is 5.82 Å². The van der Waals surface area contributed by atoms with E-state index in [0.717, 1.165) is 0 Å². The number of aromatic nitrogens is 2. The van der Waals surface area contributed by atoms with Crippen molar-refractivity contribution < 1.29 is 9.18 Å². The minimum absolute atomic E-state index is 0.163. The molecule has 0 saturated heterocycles. The fourth-order valence-electron chi connectivity index (χ4n) is 3.00. The van der Waals surface area contributed by atoms with Gasteiger partial charge in [-0.2, -0.15) is 0 Å². The molecule has 25 heavy (non-hydrogen) atoms. The molecule has 1 amide bonds. The Morgan fingerprint density at radius 3 is 2.92 bits per heavy atom.